The number of aryl methyl sites for hydroxylation is 2. The third kappa shape index (κ3) is 4.22. The van der Waals surface area contributed by atoms with Gasteiger partial charge < -0.3 is 19.3 Å². The predicted molar refractivity (Wildman–Crippen MR) is 119 cm³/mol. The van der Waals surface area contributed by atoms with Crippen molar-refractivity contribution in [2.45, 2.75) is 72.3 Å². The number of carboxylic acid groups (broad SMARTS) is 1. The van der Waals surface area contributed by atoms with Crippen LogP contribution in [0.5, 0.6) is 0 Å². The van der Waals surface area contributed by atoms with Crippen LogP contribution in [0.15, 0.2) is 26.0 Å². The lowest BCUT2D eigenvalue weighted by molar-refractivity contribution is -0.141. The molecule has 1 amide bonds. The molecule has 2 N–H and O–H groups in total. The maximum atomic E-state index is 12.7. The van der Waals surface area contributed by atoms with Crippen LogP contribution in [0.2, 0.25) is 0 Å². The van der Waals surface area contributed by atoms with E-state index in [2.05, 4.69) is 26.1 Å². The fourth-order valence-corrected chi connectivity index (χ4v) is 3.91. The maximum Gasteiger partial charge on any atom is 0.339 e. The lowest BCUT2D eigenvalue weighted by Crippen LogP contribution is -2.40. The van der Waals surface area contributed by atoms with Crippen LogP contribution in [0.3, 0.4) is 0 Å². The Morgan fingerprint density at radius 2 is 1.81 bits per heavy atom. The third-order valence-corrected chi connectivity index (χ3v) is 5.79. The summed E-state index contributed by atoms with van der Waals surface area (Å²) in [5.41, 5.74) is 3.59. The number of rotatable bonds is 6. The Kier molecular flexibility index (Phi) is 5.98. The van der Waals surface area contributed by atoms with Gasteiger partial charge in [0.2, 0.25) is 5.91 Å². The molecular weight excluding hydrogens is 398 g/mol. The van der Waals surface area contributed by atoms with E-state index in [-0.39, 0.29) is 24.7 Å². The smallest absolute Gasteiger partial charge is 0.339 e. The summed E-state index contributed by atoms with van der Waals surface area (Å²) >= 11 is 0. The predicted octanol–water partition coefficient (Wildman–Crippen LogP) is 4.37. The molecular formula is C24H29NO6. The van der Waals surface area contributed by atoms with Crippen LogP contribution < -0.4 is 10.9 Å². The first-order chi connectivity index (χ1) is 14.5. The van der Waals surface area contributed by atoms with Crippen molar-refractivity contribution in [3.63, 3.8) is 0 Å². The van der Waals surface area contributed by atoms with Crippen molar-refractivity contribution in [3.05, 3.63) is 45.0 Å². The highest BCUT2D eigenvalue weighted by Crippen LogP contribution is 2.37. The second-order valence-electron chi connectivity index (χ2n) is 9.01. The van der Waals surface area contributed by atoms with Crippen molar-refractivity contribution in [3.8, 4) is 0 Å². The summed E-state index contributed by atoms with van der Waals surface area (Å²) in [6.45, 7) is 11.7. The highest BCUT2D eigenvalue weighted by atomic mass is 16.4. The van der Waals surface area contributed by atoms with Crippen molar-refractivity contribution < 1.29 is 23.5 Å². The topological polar surface area (TPSA) is 110 Å². The molecule has 31 heavy (non-hydrogen) atoms. The van der Waals surface area contributed by atoms with Crippen molar-refractivity contribution in [2.24, 2.45) is 0 Å². The molecule has 0 unspecified atom stereocenters. The van der Waals surface area contributed by atoms with Crippen LogP contribution in [-0.4, -0.2) is 23.0 Å². The summed E-state index contributed by atoms with van der Waals surface area (Å²) in [4.78, 5) is 36.0. The average molecular weight is 427 g/mol. The van der Waals surface area contributed by atoms with Crippen LogP contribution in [0.4, 0.5) is 0 Å². The maximum absolute atomic E-state index is 12.7. The molecule has 3 rings (SSSR count). The molecule has 0 spiro atoms. The number of hydrogen-bond donors (Lipinski definition) is 2. The van der Waals surface area contributed by atoms with Crippen molar-refractivity contribution in [2.75, 3.05) is 0 Å². The Bertz CT molecular complexity index is 1230. The molecule has 0 aliphatic rings. The van der Waals surface area contributed by atoms with Crippen molar-refractivity contribution >= 4 is 33.8 Å². The van der Waals surface area contributed by atoms with E-state index in [1.54, 1.807) is 13.2 Å². The molecule has 0 aliphatic carbocycles. The van der Waals surface area contributed by atoms with Gasteiger partial charge in [-0.15, -0.1) is 0 Å². The van der Waals surface area contributed by atoms with Gasteiger partial charge in [0.25, 0.3) is 0 Å². The highest BCUT2D eigenvalue weighted by Gasteiger charge is 2.24. The van der Waals surface area contributed by atoms with Crippen LogP contribution in [0.1, 0.15) is 62.8 Å². The molecule has 1 aromatic carbocycles. The van der Waals surface area contributed by atoms with E-state index in [0.29, 0.717) is 16.7 Å². The second kappa shape index (κ2) is 8.21. The number of benzene rings is 1. The van der Waals surface area contributed by atoms with E-state index in [1.807, 2.05) is 19.9 Å². The Labute approximate surface area is 180 Å². The minimum atomic E-state index is -1.08. The zero-order chi connectivity index (χ0) is 23.1. The summed E-state index contributed by atoms with van der Waals surface area (Å²) in [6.07, 6.45) is 2.21. The molecule has 7 nitrogen and oxygen atoms in total. The number of carbonyl (C=O) groups is 2. The van der Waals surface area contributed by atoms with Crippen LogP contribution >= 0.6 is 0 Å². The first-order valence-electron chi connectivity index (χ1n) is 10.4. The van der Waals surface area contributed by atoms with E-state index >= 15 is 0 Å². The second-order valence-corrected chi connectivity index (χ2v) is 9.01. The summed E-state index contributed by atoms with van der Waals surface area (Å²) in [7, 11) is 0. The number of fused-ring (bicyclic) bond motifs is 2. The monoisotopic (exact) mass is 427 g/mol. The molecule has 2 aromatic heterocycles. The molecule has 166 valence electrons. The zero-order valence-electron chi connectivity index (χ0n) is 18.8. The number of carbonyl (C=O) groups excluding carboxylic acids is 1. The van der Waals surface area contributed by atoms with Gasteiger partial charge in [0.1, 0.15) is 17.2 Å². The summed E-state index contributed by atoms with van der Waals surface area (Å²) in [5.74, 6) is -1.49. The fraction of sp³-hybridized carbons (Fsp3) is 0.458. The molecule has 0 radical (unpaired) electrons. The zero-order valence-corrected chi connectivity index (χ0v) is 18.8. The lowest BCUT2D eigenvalue weighted by Gasteiger charge is -2.17. The Morgan fingerprint density at radius 1 is 1.13 bits per heavy atom. The van der Waals surface area contributed by atoms with Crippen LogP contribution in [0.25, 0.3) is 21.9 Å². The van der Waals surface area contributed by atoms with Gasteiger partial charge in [-0.25, -0.2) is 9.59 Å². The largest absolute Gasteiger partial charge is 0.480 e. The number of amides is 1. The van der Waals surface area contributed by atoms with E-state index in [9.17, 15) is 14.4 Å². The molecule has 7 heteroatoms. The molecule has 0 bridgehead atoms. The molecule has 1 atom stereocenters. The van der Waals surface area contributed by atoms with Gasteiger partial charge in [0, 0.05) is 33.9 Å². The van der Waals surface area contributed by atoms with E-state index < -0.39 is 23.5 Å². The molecule has 2 heterocycles. The highest BCUT2D eigenvalue weighted by molar-refractivity contribution is 6.00. The SMILES string of the molecule is CC[C@@H](NC(=O)CCc1c(C)c2cc3c(C(C)(C)C)coc3c(C)c2oc1=O)C(=O)O. The normalized spacial score (nSPS) is 13.0. The average Bonchev–Trinajstić information content (AvgIpc) is 3.11. The van der Waals surface area contributed by atoms with E-state index in [4.69, 9.17) is 13.9 Å². The van der Waals surface area contributed by atoms with E-state index in [1.165, 1.54) is 0 Å². The van der Waals surface area contributed by atoms with Crippen LogP contribution in [0, 0.1) is 13.8 Å². The molecule has 3 aromatic rings. The Morgan fingerprint density at radius 3 is 2.39 bits per heavy atom. The first-order valence-corrected chi connectivity index (χ1v) is 10.4. The third-order valence-electron chi connectivity index (χ3n) is 5.79. The van der Waals surface area contributed by atoms with Crippen LogP contribution in [-0.2, 0) is 21.4 Å². The Hall–Kier alpha value is -3.09. The van der Waals surface area contributed by atoms with Gasteiger partial charge in [0.15, 0.2) is 0 Å². The molecule has 0 fully saturated rings. The summed E-state index contributed by atoms with van der Waals surface area (Å²) < 4.78 is 11.4. The van der Waals surface area contributed by atoms with Crippen molar-refractivity contribution in [1.82, 2.24) is 5.32 Å². The minimum absolute atomic E-state index is 0.00106. The number of carboxylic acids is 1. The molecule has 0 aliphatic heterocycles. The van der Waals surface area contributed by atoms with Gasteiger partial charge >= 0.3 is 11.6 Å². The number of hydrogen-bond acceptors (Lipinski definition) is 5. The van der Waals surface area contributed by atoms with Crippen molar-refractivity contribution in [1.29, 1.82) is 0 Å². The quantitative estimate of drug-likeness (QED) is 0.566. The fourth-order valence-electron chi connectivity index (χ4n) is 3.91. The summed E-state index contributed by atoms with van der Waals surface area (Å²) in [5, 5.41) is 13.4. The van der Waals surface area contributed by atoms with Gasteiger partial charge in [-0.05, 0) is 43.7 Å². The lowest BCUT2D eigenvalue weighted by atomic mass is 9.86. The van der Waals surface area contributed by atoms with Gasteiger partial charge in [-0.3, -0.25) is 4.79 Å². The summed E-state index contributed by atoms with van der Waals surface area (Å²) in [6, 6.07) is 1.05. The van der Waals surface area contributed by atoms with E-state index in [0.717, 1.165) is 27.5 Å². The van der Waals surface area contributed by atoms with Gasteiger partial charge in [-0.2, -0.15) is 0 Å². The molecule has 0 saturated heterocycles. The molecule has 0 saturated carbocycles. The van der Waals surface area contributed by atoms with Gasteiger partial charge in [-0.1, -0.05) is 27.7 Å². The minimum Gasteiger partial charge on any atom is -0.480 e. The standard InChI is InChI=1S/C24H29NO6/c1-7-18(22(27)28)25-19(26)9-8-14-12(2)15-10-16-17(24(4,5)6)11-30-20(16)13(3)21(15)31-23(14)29/h10-11,18H,7-9H2,1-6H3,(H,25,26)(H,27,28)/t18-/m1/s1. The first kappa shape index (κ1) is 22.6. The number of aliphatic carboxylic acids is 1. The number of nitrogens with one attached hydrogen (secondary N) is 1. The Balaban J connectivity index is 2.02. The number of furan rings is 1. The van der Waals surface area contributed by atoms with Gasteiger partial charge in [0.05, 0.1) is 6.26 Å².